The van der Waals surface area contributed by atoms with Crippen molar-refractivity contribution in [2.45, 2.75) is 46.2 Å². The molecule has 1 aromatic heterocycles. The maximum atomic E-state index is 12.7. The second-order valence-electron chi connectivity index (χ2n) is 8.33. The van der Waals surface area contributed by atoms with Crippen LogP contribution in [0.3, 0.4) is 0 Å². The van der Waals surface area contributed by atoms with E-state index in [1.165, 1.54) is 0 Å². The number of hydrogen-bond donors (Lipinski definition) is 1. The van der Waals surface area contributed by atoms with Crippen molar-refractivity contribution < 1.29 is 4.79 Å². The Bertz CT molecular complexity index is 718. The zero-order valence-electron chi connectivity index (χ0n) is 19.7. The van der Waals surface area contributed by atoms with Crippen LogP contribution in [-0.2, 0) is 11.3 Å². The van der Waals surface area contributed by atoms with Crippen molar-refractivity contribution in [1.82, 2.24) is 25.0 Å². The first kappa shape index (κ1) is 23.3. The Balaban J connectivity index is 1.47. The van der Waals surface area contributed by atoms with Gasteiger partial charge in [0.2, 0.25) is 5.91 Å². The van der Waals surface area contributed by atoms with Crippen molar-refractivity contribution in [2.75, 3.05) is 64.3 Å². The summed E-state index contributed by atoms with van der Waals surface area (Å²) in [5.41, 5.74) is 1.14. The molecule has 0 aliphatic carbocycles. The van der Waals surface area contributed by atoms with Crippen LogP contribution in [0.2, 0.25) is 0 Å². The van der Waals surface area contributed by atoms with Gasteiger partial charge < -0.3 is 20.0 Å². The van der Waals surface area contributed by atoms with Gasteiger partial charge in [0.15, 0.2) is 5.96 Å². The fourth-order valence-electron chi connectivity index (χ4n) is 4.45. The molecule has 2 aliphatic rings. The SMILES string of the molecule is CCN(CC)c1ccc(CNC(=NC)N2CCN(C(C)C(=O)N3CCCC3)CC2)cn1. The molecule has 8 nitrogen and oxygen atoms in total. The number of likely N-dealkylation sites (tertiary alicyclic amines) is 1. The van der Waals surface area contributed by atoms with Crippen molar-refractivity contribution in [3.63, 3.8) is 0 Å². The second-order valence-corrected chi connectivity index (χ2v) is 8.33. The van der Waals surface area contributed by atoms with Gasteiger partial charge in [-0.1, -0.05) is 6.07 Å². The number of piperazine rings is 1. The van der Waals surface area contributed by atoms with Gasteiger partial charge in [0.1, 0.15) is 5.82 Å². The van der Waals surface area contributed by atoms with Crippen LogP contribution in [0, 0.1) is 0 Å². The van der Waals surface area contributed by atoms with Crippen LogP contribution < -0.4 is 10.2 Å². The van der Waals surface area contributed by atoms with Crippen molar-refractivity contribution >= 4 is 17.7 Å². The standard InChI is InChI=1S/C23H39N7O/c1-5-27(6-2)21-10-9-20(17-25-21)18-26-23(24-4)30-15-13-28(14-16-30)19(3)22(31)29-11-7-8-12-29/h9-10,17,19H,5-8,11-16,18H2,1-4H3,(H,24,26). The molecule has 31 heavy (non-hydrogen) atoms. The van der Waals surface area contributed by atoms with Crippen LogP contribution in [0.1, 0.15) is 39.2 Å². The number of carbonyl (C=O) groups is 1. The van der Waals surface area contributed by atoms with Gasteiger partial charge in [-0.25, -0.2) is 4.98 Å². The van der Waals surface area contributed by atoms with Crippen molar-refractivity contribution in [3.8, 4) is 0 Å². The van der Waals surface area contributed by atoms with E-state index in [-0.39, 0.29) is 11.9 Å². The summed E-state index contributed by atoms with van der Waals surface area (Å²) in [6, 6.07) is 4.18. The molecule has 2 aliphatic heterocycles. The highest BCUT2D eigenvalue weighted by atomic mass is 16.2. The third-order valence-electron chi connectivity index (χ3n) is 6.50. The van der Waals surface area contributed by atoms with Crippen LogP contribution in [0.5, 0.6) is 0 Å². The Hall–Kier alpha value is -2.35. The van der Waals surface area contributed by atoms with E-state index in [9.17, 15) is 4.79 Å². The van der Waals surface area contributed by atoms with E-state index in [2.05, 4.69) is 62.9 Å². The zero-order valence-corrected chi connectivity index (χ0v) is 19.7. The highest BCUT2D eigenvalue weighted by Gasteiger charge is 2.30. The molecule has 0 aromatic carbocycles. The molecule has 0 radical (unpaired) electrons. The molecule has 1 aromatic rings. The third-order valence-corrected chi connectivity index (χ3v) is 6.50. The number of hydrogen-bond acceptors (Lipinski definition) is 5. The first-order valence-electron chi connectivity index (χ1n) is 11.8. The molecule has 1 amide bonds. The summed E-state index contributed by atoms with van der Waals surface area (Å²) in [5, 5.41) is 3.47. The number of nitrogens with zero attached hydrogens (tertiary/aromatic N) is 6. The Morgan fingerprint density at radius 3 is 2.32 bits per heavy atom. The predicted molar refractivity (Wildman–Crippen MR) is 126 cm³/mol. The third kappa shape index (κ3) is 5.87. The number of carbonyl (C=O) groups excluding carboxylic acids is 1. The number of aliphatic imine (C=N–C) groups is 1. The summed E-state index contributed by atoms with van der Waals surface area (Å²) in [7, 11) is 1.83. The lowest BCUT2D eigenvalue weighted by Crippen LogP contribution is -2.57. The molecule has 3 heterocycles. The van der Waals surface area contributed by atoms with Gasteiger partial charge >= 0.3 is 0 Å². The minimum atomic E-state index is -0.0365. The number of nitrogens with one attached hydrogen (secondary N) is 1. The topological polar surface area (TPSA) is 67.3 Å². The summed E-state index contributed by atoms with van der Waals surface area (Å²) in [4.78, 5) is 30.6. The molecule has 2 fully saturated rings. The maximum absolute atomic E-state index is 12.7. The van der Waals surface area contributed by atoms with Gasteiger partial charge in [-0.05, 0) is 45.2 Å². The van der Waals surface area contributed by atoms with E-state index in [1.807, 2.05) is 18.1 Å². The van der Waals surface area contributed by atoms with Crippen LogP contribution in [0.4, 0.5) is 5.82 Å². The molecule has 0 saturated carbocycles. The van der Waals surface area contributed by atoms with Gasteiger partial charge in [-0.15, -0.1) is 0 Å². The average Bonchev–Trinajstić information content (AvgIpc) is 3.36. The highest BCUT2D eigenvalue weighted by Crippen LogP contribution is 2.14. The van der Waals surface area contributed by atoms with Crippen molar-refractivity contribution in [3.05, 3.63) is 23.9 Å². The minimum Gasteiger partial charge on any atom is -0.357 e. The highest BCUT2D eigenvalue weighted by molar-refractivity contribution is 5.82. The molecule has 1 atom stereocenters. The summed E-state index contributed by atoms with van der Waals surface area (Å²) in [6.45, 7) is 14.3. The van der Waals surface area contributed by atoms with Gasteiger partial charge in [0.05, 0.1) is 6.04 Å². The lowest BCUT2D eigenvalue weighted by Gasteiger charge is -2.39. The Morgan fingerprint density at radius 2 is 1.77 bits per heavy atom. The number of rotatable bonds is 7. The molecule has 2 saturated heterocycles. The monoisotopic (exact) mass is 429 g/mol. The molecule has 1 unspecified atom stereocenters. The van der Waals surface area contributed by atoms with Gasteiger partial charge in [0, 0.05) is 72.1 Å². The van der Waals surface area contributed by atoms with Gasteiger partial charge in [-0.2, -0.15) is 0 Å². The smallest absolute Gasteiger partial charge is 0.239 e. The van der Waals surface area contributed by atoms with Gasteiger partial charge in [-0.3, -0.25) is 14.7 Å². The summed E-state index contributed by atoms with van der Waals surface area (Å²) in [5.74, 6) is 2.21. The van der Waals surface area contributed by atoms with E-state index in [0.717, 1.165) is 82.5 Å². The van der Waals surface area contributed by atoms with E-state index in [1.54, 1.807) is 0 Å². The lowest BCUT2D eigenvalue weighted by atomic mass is 10.2. The predicted octanol–water partition coefficient (Wildman–Crippen LogP) is 1.63. The zero-order chi connectivity index (χ0) is 22.2. The molecular formula is C23H39N7O. The number of aromatic nitrogens is 1. The largest absolute Gasteiger partial charge is 0.357 e. The van der Waals surface area contributed by atoms with E-state index >= 15 is 0 Å². The molecule has 0 bridgehead atoms. The summed E-state index contributed by atoms with van der Waals surface area (Å²) >= 11 is 0. The molecular weight excluding hydrogens is 390 g/mol. The van der Waals surface area contributed by atoms with Crippen LogP contribution >= 0.6 is 0 Å². The Morgan fingerprint density at radius 1 is 1.10 bits per heavy atom. The quantitative estimate of drug-likeness (QED) is 0.525. The van der Waals surface area contributed by atoms with Crippen LogP contribution in [0.15, 0.2) is 23.3 Å². The number of anilines is 1. The van der Waals surface area contributed by atoms with Crippen molar-refractivity contribution in [1.29, 1.82) is 0 Å². The van der Waals surface area contributed by atoms with Crippen molar-refractivity contribution in [2.24, 2.45) is 4.99 Å². The molecule has 172 valence electrons. The minimum absolute atomic E-state index is 0.0365. The molecule has 8 heteroatoms. The van der Waals surface area contributed by atoms with Crippen LogP contribution in [0.25, 0.3) is 0 Å². The normalized spacial score (nSPS) is 18.9. The molecule has 3 rings (SSSR count). The Kier molecular flexibility index (Phi) is 8.51. The second kappa shape index (κ2) is 11.3. The average molecular weight is 430 g/mol. The number of guanidine groups is 1. The van der Waals surface area contributed by atoms with E-state index in [4.69, 9.17) is 0 Å². The first-order valence-corrected chi connectivity index (χ1v) is 11.8. The summed E-state index contributed by atoms with van der Waals surface area (Å²) in [6.07, 6.45) is 4.22. The number of pyridine rings is 1. The fraction of sp³-hybridized carbons (Fsp3) is 0.696. The van der Waals surface area contributed by atoms with Gasteiger partial charge in [0.25, 0.3) is 0 Å². The molecule has 0 spiro atoms. The molecule has 1 N–H and O–H groups in total. The first-order chi connectivity index (χ1) is 15.1. The van der Waals surface area contributed by atoms with E-state index in [0.29, 0.717) is 6.54 Å². The lowest BCUT2D eigenvalue weighted by molar-refractivity contribution is -0.135. The fourth-order valence-corrected chi connectivity index (χ4v) is 4.45. The number of amides is 1. The summed E-state index contributed by atoms with van der Waals surface area (Å²) < 4.78 is 0. The van der Waals surface area contributed by atoms with E-state index < -0.39 is 0 Å². The maximum Gasteiger partial charge on any atom is 0.239 e. The Labute approximate surface area is 187 Å². The van der Waals surface area contributed by atoms with Crippen LogP contribution in [-0.4, -0.2) is 97.0 Å².